The van der Waals surface area contributed by atoms with Crippen LogP contribution in [0.1, 0.15) is 17.5 Å². The van der Waals surface area contributed by atoms with Crippen LogP contribution >= 0.6 is 23.3 Å². The first-order valence-corrected chi connectivity index (χ1v) is 6.23. The summed E-state index contributed by atoms with van der Waals surface area (Å²) in [5.41, 5.74) is 1.04. The first kappa shape index (κ1) is 9.92. The zero-order chi connectivity index (χ0) is 9.97. The summed E-state index contributed by atoms with van der Waals surface area (Å²) in [4.78, 5) is 5.61. The van der Waals surface area contributed by atoms with E-state index in [4.69, 9.17) is 0 Å². The van der Waals surface area contributed by atoms with Crippen molar-refractivity contribution in [1.29, 1.82) is 0 Å². The number of rotatable bonds is 2. The maximum Gasteiger partial charge on any atom is 0.157 e. The minimum absolute atomic E-state index is 0.484. The smallest absolute Gasteiger partial charge is 0.157 e. The summed E-state index contributed by atoms with van der Waals surface area (Å²) in [6.07, 6.45) is 0. The molecule has 2 rings (SSSR count). The molecule has 0 fully saturated rings. The maximum atomic E-state index is 4.38. The number of aryl methyl sites for hydroxylation is 1. The first-order valence-electron chi connectivity index (χ1n) is 4.47. The Hall–Kier alpha value is -0.620. The third-order valence-electron chi connectivity index (χ3n) is 1.96. The molecule has 1 aromatic rings. The quantitative estimate of drug-likeness (QED) is 0.832. The van der Waals surface area contributed by atoms with Crippen LogP contribution in [0, 0.1) is 6.92 Å². The van der Waals surface area contributed by atoms with E-state index in [1.54, 1.807) is 11.8 Å². The van der Waals surface area contributed by atoms with E-state index in [1.807, 2.05) is 6.92 Å². The lowest BCUT2D eigenvalue weighted by atomic mass is 10.4. The second kappa shape index (κ2) is 4.27. The Kier molecular flexibility index (Phi) is 3.02. The van der Waals surface area contributed by atoms with Crippen molar-refractivity contribution in [2.75, 3.05) is 6.54 Å². The summed E-state index contributed by atoms with van der Waals surface area (Å²) < 4.78 is 3.90. The molecular weight excluding hydrogens is 216 g/mol. The van der Waals surface area contributed by atoms with E-state index in [9.17, 15) is 0 Å². The molecule has 76 valence electrons. The van der Waals surface area contributed by atoms with Crippen molar-refractivity contribution in [2.24, 2.45) is 4.99 Å². The van der Waals surface area contributed by atoms with Crippen molar-refractivity contribution in [3.05, 3.63) is 10.6 Å². The predicted molar refractivity (Wildman–Crippen MR) is 60.8 cm³/mol. The largest absolute Gasteiger partial charge is 0.361 e. The van der Waals surface area contributed by atoms with Gasteiger partial charge in [0, 0.05) is 11.8 Å². The summed E-state index contributed by atoms with van der Waals surface area (Å²) in [6, 6.07) is 0.484. The Morgan fingerprint density at radius 1 is 1.64 bits per heavy atom. The molecule has 1 N–H and O–H groups in total. The van der Waals surface area contributed by atoms with Gasteiger partial charge in [0.15, 0.2) is 5.17 Å². The highest BCUT2D eigenvalue weighted by atomic mass is 32.2. The third kappa shape index (κ3) is 2.24. The van der Waals surface area contributed by atoms with Gasteiger partial charge in [-0.25, -0.2) is 0 Å². The molecule has 0 amide bonds. The standard InChI is InChI=1S/C8H12N4S2/c1-5-3-9-8(10-5)13-4-7-6(2)11-12-14-7/h5H,3-4H2,1-2H3,(H,9,10). The number of nitrogens with one attached hydrogen (secondary N) is 1. The number of nitrogens with zero attached hydrogens (tertiary/aromatic N) is 3. The molecule has 2 heterocycles. The summed E-state index contributed by atoms with van der Waals surface area (Å²) in [5, 5.41) is 8.33. The van der Waals surface area contributed by atoms with E-state index in [0.29, 0.717) is 6.04 Å². The Morgan fingerprint density at radius 2 is 2.50 bits per heavy atom. The van der Waals surface area contributed by atoms with Gasteiger partial charge >= 0.3 is 0 Å². The SMILES string of the molecule is Cc1nnsc1CSC1=NCC(C)N1. The van der Waals surface area contributed by atoms with E-state index in [2.05, 4.69) is 26.8 Å². The zero-order valence-electron chi connectivity index (χ0n) is 8.15. The van der Waals surface area contributed by atoms with Crippen molar-refractivity contribution in [3.8, 4) is 0 Å². The Labute approximate surface area is 91.4 Å². The lowest BCUT2D eigenvalue weighted by Crippen LogP contribution is -2.25. The monoisotopic (exact) mass is 228 g/mol. The lowest BCUT2D eigenvalue weighted by molar-refractivity contribution is 0.728. The molecule has 1 aromatic heterocycles. The van der Waals surface area contributed by atoms with Gasteiger partial charge in [-0.05, 0) is 25.4 Å². The number of hydrogen-bond donors (Lipinski definition) is 1. The second-order valence-electron chi connectivity index (χ2n) is 3.26. The van der Waals surface area contributed by atoms with Crippen LogP contribution in [-0.2, 0) is 5.75 Å². The minimum Gasteiger partial charge on any atom is -0.361 e. The predicted octanol–water partition coefficient (Wildman–Crippen LogP) is 1.43. The molecule has 0 bridgehead atoms. The average molecular weight is 228 g/mol. The van der Waals surface area contributed by atoms with Crippen molar-refractivity contribution in [2.45, 2.75) is 25.6 Å². The lowest BCUT2D eigenvalue weighted by Gasteiger charge is -2.03. The molecule has 0 aliphatic carbocycles. The van der Waals surface area contributed by atoms with Crippen LogP contribution in [0.15, 0.2) is 4.99 Å². The minimum atomic E-state index is 0.484. The Bertz CT molecular complexity index is 347. The molecule has 1 aliphatic heterocycles. The number of aromatic nitrogens is 2. The zero-order valence-corrected chi connectivity index (χ0v) is 9.78. The van der Waals surface area contributed by atoms with E-state index in [1.165, 1.54) is 16.4 Å². The summed E-state index contributed by atoms with van der Waals surface area (Å²) in [7, 11) is 0. The van der Waals surface area contributed by atoms with E-state index in [-0.39, 0.29) is 0 Å². The first-order chi connectivity index (χ1) is 6.75. The van der Waals surface area contributed by atoms with Crippen molar-refractivity contribution >= 4 is 28.5 Å². The summed E-state index contributed by atoms with van der Waals surface area (Å²) in [6.45, 7) is 5.02. The van der Waals surface area contributed by atoms with Gasteiger partial charge in [-0.2, -0.15) is 0 Å². The fourth-order valence-electron chi connectivity index (χ4n) is 1.13. The number of thioether (sulfide) groups is 1. The molecule has 0 aromatic carbocycles. The van der Waals surface area contributed by atoms with Gasteiger partial charge in [0.2, 0.25) is 0 Å². The topological polar surface area (TPSA) is 50.2 Å². The van der Waals surface area contributed by atoms with Gasteiger partial charge < -0.3 is 5.32 Å². The molecule has 0 saturated carbocycles. The van der Waals surface area contributed by atoms with Gasteiger partial charge in [0.1, 0.15) is 0 Å². The number of amidine groups is 1. The molecule has 0 spiro atoms. The molecule has 6 heteroatoms. The van der Waals surface area contributed by atoms with Gasteiger partial charge in [0.05, 0.1) is 17.1 Å². The highest BCUT2D eigenvalue weighted by Gasteiger charge is 2.13. The molecule has 1 unspecified atom stereocenters. The molecule has 0 saturated heterocycles. The van der Waals surface area contributed by atoms with Crippen LogP contribution in [0.3, 0.4) is 0 Å². The normalized spacial score (nSPS) is 20.7. The molecule has 0 radical (unpaired) electrons. The van der Waals surface area contributed by atoms with Crippen molar-refractivity contribution in [1.82, 2.24) is 14.9 Å². The van der Waals surface area contributed by atoms with Crippen LogP contribution in [0.5, 0.6) is 0 Å². The van der Waals surface area contributed by atoms with Gasteiger partial charge in [-0.1, -0.05) is 16.3 Å². The molecular formula is C8H12N4S2. The Balaban J connectivity index is 1.86. The number of aliphatic imine (C=N–C) groups is 1. The molecule has 1 aliphatic rings. The van der Waals surface area contributed by atoms with Crippen LogP contribution in [0.25, 0.3) is 0 Å². The van der Waals surface area contributed by atoms with Crippen molar-refractivity contribution < 1.29 is 0 Å². The molecule has 4 nitrogen and oxygen atoms in total. The van der Waals surface area contributed by atoms with E-state index >= 15 is 0 Å². The maximum absolute atomic E-state index is 4.38. The summed E-state index contributed by atoms with van der Waals surface area (Å²) in [5.74, 6) is 0.919. The highest BCUT2D eigenvalue weighted by Crippen LogP contribution is 2.19. The average Bonchev–Trinajstić information content (AvgIpc) is 2.72. The van der Waals surface area contributed by atoms with Crippen molar-refractivity contribution in [3.63, 3.8) is 0 Å². The van der Waals surface area contributed by atoms with Gasteiger partial charge in [-0.3, -0.25) is 4.99 Å². The van der Waals surface area contributed by atoms with Crippen LogP contribution in [0.2, 0.25) is 0 Å². The van der Waals surface area contributed by atoms with Crippen LogP contribution in [-0.4, -0.2) is 27.3 Å². The Morgan fingerprint density at radius 3 is 3.07 bits per heavy atom. The molecule has 1 atom stereocenters. The van der Waals surface area contributed by atoms with Crippen LogP contribution < -0.4 is 5.32 Å². The third-order valence-corrected chi connectivity index (χ3v) is 3.92. The van der Waals surface area contributed by atoms with Crippen LogP contribution in [0.4, 0.5) is 0 Å². The van der Waals surface area contributed by atoms with Gasteiger partial charge in [0.25, 0.3) is 0 Å². The fourth-order valence-corrected chi connectivity index (χ4v) is 2.88. The highest BCUT2D eigenvalue weighted by molar-refractivity contribution is 8.13. The van der Waals surface area contributed by atoms with Gasteiger partial charge in [-0.15, -0.1) is 5.10 Å². The second-order valence-corrected chi connectivity index (χ2v) is 5.06. The fraction of sp³-hybridized carbons (Fsp3) is 0.625. The van der Waals surface area contributed by atoms with E-state index < -0.39 is 0 Å². The van der Waals surface area contributed by atoms with E-state index in [0.717, 1.165) is 23.2 Å². The molecule has 14 heavy (non-hydrogen) atoms. The number of hydrogen-bond acceptors (Lipinski definition) is 6. The summed E-state index contributed by atoms with van der Waals surface area (Å²) >= 11 is 3.20.